The van der Waals surface area contributed by atoms with Crippen LogP contribution in [0.15, 0.2) is 51.9 Å². The summed E-state index contributed by atoms with van der Waals surface area (Å²) in [7, 11) is 0. The quantitative estimate of drug-likeness (QED) is 0.101. The van der Waals surface area contributed by atoms with Gasteiger partial charge in [-0.15, -0.1) is 0 Å². The number of ether oxygens (including phenoxy) is 6. The van der Waals surface area contributed by atoms with Crippen LogP contribution >= 0.6 is 0 Å². The van der Waals surface area contributed by atoms with E-state index in [-0.39, 0.29) is 28.0 Å². The molecule has 2 aromatic carbocycles. The fraction of sp³-hybridized carbons (Fsp3) is 0.545. The average molecular weight is 741 g/mol. The highest BCUT2D eigenvalue weighted by Gasteiger charge is 2.51. The summed E-state index contributed by atoms with van der Waals surface area (Å²) in [5.74, 6) is -0.594. The molecule has 3 fully saturated rings. The van der Waals surface area contributed by atoms with Gasteiger partial charge in [-0.1, -0.05) is 12.1 Å². The first kappa shape index (κ1) is 38.2. The van der Waals surface area contributed by atoms with Gasteiger partial charge in [-0.2, -0.15) is 0 Å². The number of phenols is 1. The molecule has 0 unspecified atom stereocenters. The second-order valence-electron chi connectivity index (χ2n) is 12.7. The SMILES string of the molecule is C[C@@H]1O[C@@H](O[C@H]2[C@H](Oc3ccc(-c4coc5cc(O[C@@H]6O[C@H](CO)[C@@H](O)[C@H](O)[C@H]6O)cc(O)c5c4=O)cc3)O[C@H](CO)[C@@H](O)[C@@H]2O)[C@@H](O)[C@H](O)[C@H]1O. The topological polar surface area (TPSA) is 308 Å². The Balaban J connectivity index is 1.20. The standard InChI is InChI=1S/C33H40O19/c1-11-21(37)25(41)28(44)31(47-11)52-30-27(43)24(40)19(9-35)51-33(30)48-13-4-2-12(3-5-13)15-10-46-17-7-14(6-16(36)20(17)22(15)38)49-32-29(45)26(42)23(39)18(8-34)50-32/h2-7,10-11,18-19,21,23-37,39-45H,8-9H2,1H3/t11-,18+,19+,21-,23+,24+,25+,26-,27-,28-,29+,30+,31-,32+,33+/m0/s1. The van der Waals surface area contributed by atoms with Gasteiger partial charge >= 0.3 is 0 Å². The number of aliphatic hydroxyl groups excluding tert-OH is 10. The zero-order chi connectivity index (χ0) is 37.6. The Labute approximate surface area is 293 Å². The molecule has 3 aromatic rings. The lowest BCUT2D eigenvalue weighted by atomic mass is 9.97. The maximum absolute atomic E-state index is 13.5. The van der Waals surface area contributed by atoms with Crippen LogP contribution in [0.3, 0.4) is 0 Å². The zero-order valence-corrected chi connectivity index (χ0v) is 27.3. The van der Waals surface area contributed by atoms with E-state index in [1.165, 1.54) is 37.3 Å². The van der Waals surface area contributed by atoms with Crippen LogP contribution in [0, 0.1) is 0 Å². The van der Waals surface area contributed by atoms with E-state index in [1.54, 1.807) is 0 Å². The molecule has 19 heteroatoms. The first-order chi connectivity index (χ1) is 24.7. The smallest absolute Gasteiger partial charge is 0.229 e. The van der Waals surface area contributed by atoms with Gasteiger partial charge in [0, 0.05) is 12.1 Å². The number of hydrogen-bond donors (Lipinski definition) is 11. The zero-order valence-electron chi connectivity index (χ0n) is 27.3. The predicted octanol–water partition coefficient (Wildman–Crippen LogP) is -3.63. The predicted molar refractivity (Wildman–Crippen MR) is 170 cm³/mol. The van der Waals surface area contributed by atoms with E-state index >= 15 is 0 Å². The average Bonchev–Trinajstić information content (AvgIpc) is 3.13. The molecule has 0 saturated carbocycles. The fourth-order valence-electron chi connectivity index (χ4n) is 6.20. The van der Waals surface area contributed by atoms with Crippen molar-refractivity contribution in [3.8, 4) is 28.4 Å². The van der Waals surface area contributed by atoms with Crippen LogP contribution in [0.25, 0.3) is 22.1 Å². The Hall–Kier alpha value is -3.51. The minimum Gasteiger partial charge on any atom is -0.507 e. The Morgan fingerprint density at radius 3 is 1.88 bits per heavy atom. The van der Waals surface area contributed by atoms with Crippen LogP contribution < -0.4 is 14.9 Å². The maximum atomic E-state index is 13.5. The number of benzene rings is 2. The second-order valence-corrected chi connectivity index (χ2v) is 12.7. The van der Waals surface area contributed by atoms with Gasteiger partial charge in [0.2, 0.25) is 18.0 Å². The number of aromatic hydroxyl groups is 1. The highest BCUT2D eigenvalue weighted by molar-refractivity contribution is 5.88. The van der Waals surface area contributed by atoms with Crippen molar-refractivity contribution in [3.05, 3.63) is 52.9 Å². The van der Waals surface area contributed by atoms with Crippen molar-refractivity contribution in [3.63, 3.8) is 0 Å². The van der Waals surface area contributed by atoms with Gasteiger partial charge in [0.15, 0.2) is 12.4 Å². The Bertz CT molecular complexity index is 1730. The second kappa shape index (κ2) is 15.5. The van der Waals surface area contributed by atoms with Gasteiger partial charge in [-0.3, -0.25) is 4.79 Å². The van der Waals surface area contributed by atoms with Crippen molar-refractivity contribution < 1.29 is 89.0 Å². The van der Waals surface area contributed by atoms with Crippen LogP contribution in [-0.2, 0) is 18.9 Å². The molecule has 0 spiro atoms. The molecule has 15 atom stereocenters. The number of hydrogen-bond acceptors (Lipinski definition) is 19. The van der Waals surface area contributed by atoms with Crippen molar-refractivity contribution >= 4 is 11.0 Å². The molecule has 4 heterocycles. The third kappa shape index (κ3) is 7.21. The van der Waals surface area contributed by atoms with Gasteiger partial charge in [0.05, 0.1) is 24.9 Å². The van der Waals surface area contributed by atoms with E-state index in [4.69, 9.17) is 32.8 Å². The van der Waals surface area contributed by atoms with Crippen LogP contribution in [0.4, 0.5) is 0 Å². The summed E-state index contributed by atoms with van der Waals surface area (Å²) >= 11 is 0. The normalized spacial score (nSPS) is 38.2. The molecule has 6 rings (SSSR count). The molecule has 286 valence electrons. The molecule has 0 radical (unpaired) electrons. The molecule has 1 aromatic heterocycles. The molecule has 52 heavy (non-hydrogen) atoms. The summed E-state index contributed by atoms with van der Waals surface area (Å²) in [6, 6.07) is 8.03. The van der Waals surface area contributed by atoms with E-state index in [9.17, 15) is 61.0 Å². The van der Waals surface area contributed by atoms with Crippen LogP contribution in [0.1, 0.15) is 6.92 Å². The summed E-state index contributed by atoms with van der Waals surface area (Å²) in [6.07, 6.45) is -21.8. The minimum absolute atomic E-state index is 0.0178. The van der Waals surface area contributed by atoms with Crippen molar-refractivity contribution in [1.82, 2.24) is 0 Å². The molecule has 0 aliphatic carbocycles. The van der Waals surface area contributed by atoms with Gasteiger partial charge in [-0.05, 0) is 24.6 Å². The third-order valence-corrected chi connectivity index (χ3v) is 9.27. The first-order valence-electron chi connectivity index (χ1n) is 16.2. The Morgan fingerprint density at radius 2 is 1.23 bits per heavy atom. The highest BCUT2D eigenvalue weighted by atomic mass is 16.8. The monoisotopic (exact) mass is 740 g/mol. The van der Waals surface area contributed by atoms with Crippen molar-refractivity contribution in [2.75, 3.05) is 13.2 Å². The van der Waals surface area contributed by atoms with E-state index in [0.29, 0.717) is 5.56 Å². The lowest BCUT2D eigenvalue weighted by molar-refractivity contribution is -0.354. The fourth-order valence-corrected chi connectivity index (χ4v) is 6.20. The molecule has 3 saturated heterocycles. The molecular weight excluding hydrogens is 700 g/mol. The van der Waals surface area contributed by atoms with Gasteiger partial charge in [-0.25, -0.2) is 0 Å². The highest BCUT2D eigenvalue weighted by Crippen LogP contribution is 2.34. The molecule has 19 nitrogen and oxygen atoms in total. The molecule has 3 aliphatic rings. The molecular formula is C33H40O19. The lowest BCUT2D eigenvalue weighted by Gasteiger charge is -2.45. The van der Waals surface area contributed by atoms with Crippen molar-refractivity contribution in [2.45, 2.75) is 99.0 Å². The maximum Gasteiger partial charge on any atom is 0.229 e. The summed E-state index contributed by atoms with van der Waals surface area (Å²) in [5, 5.41) is 112. The summed E-state index contributed by atoms with van der Waals surface area (Å²) in [5.41, 5.74) is -0.433. The van der Waals surface area contributed by atoms with Crippen LogP contribution in [0.5, 0.6) is 17.2 Å². The molecule has 0 amide bonds. The summed E-state index contributed by atoms with van der Waals surface area (Å²) < 4.78 is 39.2. The van der Waals surface area contributed by atoms with Crippen molar-refractivity contribution in [2.24, 2.45) is 0 Å². The van der Waals surface area contributed by atoms with Gasteiger partial charge in [0.25, 0.3) is 0 Å². The van der Waals surface area contributed by atoms with E-state index < -0.39 is 117 Å². The third-order valence-electron chi connectivity index (χ3n) is 9.27. The van der Waals surface area contributed by atoms with Crippen LogP contribution in [-0.4, -0.2) is 162 Å². The summed E-state index contributed by atoms with van der Waals surface area (Å²) in [6.45, 7) is 0.0329. The Morgan fingerprint density at radius 1 is 0.654 bits per heavy atom. The molecule has 3 aliphatic heterocycles. The summed E-state index contributed by atoms with van der Waals surface area (Å²) in [4.78, 5) is 13.5. The van der Waals surface area contributed by atoms with Gasteiger partial charge in [0.1, 0.15) is 95.5 Å². The molecule has 0 bridgehead atoms. The number of aliphatic hydroxyl groups is 10. The number of fused-ring (bicyclic) bond motifs is 1. The number of rotatable bonds is 9. The first-order valence-corrected chi connectivity index (χ1v) is 16.2. The van der Waals surface area contributed by atoms with E-state index in [1.807, 2.05) is 0 Å². The van der Waals surface area contributed by atoms with E-state index in [2.05, 4.69) is 0 Å². The molecule has 11 N–H and O–H groups in total. The van der Waals surface area contributed by atoms with Gasteiger partial charge < -0.3 is 89.0 Å². The van der Waals surface area contributed by atoms with E-state index in [0.717, 1.165) is 12.3 Å². The lowest BCUT2D eigenvalue weighted by Crippen LogP contribution is -2.64. The minimum atomic E-state index is -1.75. The number of phenolic OH excluding ortho intramolecular Hbond substituents is 1. The van der Waals surface area contributed by atoms with Crippen LogP contribution in [0.2, 0.25) is 0 Å². The Kier molecular flexibility index (Phi) is 11.4. The van der Waals surface area contributed by atoms with Crippen molar-refractivity contribution in [1.29, 1.82) is 0 Å². The largest absolute Gasteiger partial charge is 0.507 e.